The monoisotopic (exact) mass is 532 g/mol. The van der Waals surface area contributed by atoms with Crippen LogP contribution in [0.2, 0.25) is 37.8 Å². The summed E-state index contributed by atoms with van der Waals surface area (Å²) in [5.41, 5.74) is 4.60. The molecule has 0 aliphatic rings. The molecule has 0 aliphatic carbocycles. The van der Waals surface area contributed by atoms with Crippen molar-refractivity contribution < 1.29 is 13.9 Å². The first-order valence-corrected chi connectivity index (χ1v) is 17.7. The van der Waals surface area contributed by atoms with Crippen molar-refractivity contribution >= 4 is 39.0 Å². The van der Waals surface area contributed by atoms with Gasteiger partial charge in [0.05, 0.1) is 19.8 Å². The van der Waals surface area contributed by atoms with Crippen LogP contribution in [-0.2, 0) is 15.8 Å². The summed E-state index contributed by atoms with van der Waals surface area (Å²) < 4.78 is 19.1. The molecule has 0 aliphatic heterocycles. The van der Waals surface area contributed by atoms with E-state index in [4.69, 9.17) is 13.9 Å². The smallest absolute Gasteiger partial charge is 0.192 e. The third-order valence-electron chi connectivity index (χ3n) is 4.92. The van der Waals surface area contributed by atoms with Gasteiger partial charge in [0, 0.05) is 4.43 Å². The molecule has 0 saturated carbocycles. The second kappa shape index (κ2) is 10.6. The number of hydrogen-bond donors (Lipinski definition) is 0. The van der Waals surface area contributed by atoms with Gasteiger partial charge in [0.15, 0.2) is 8.32 Å². The van der Waals surface area contributed by atoms with Gasteiger partial charge in [0.1, 0.15) is 19.9 Å². The van der Waals surface area contributed by atoms with Gasteiger partial charge in [-0.25, -0.2) is 0 Å². The second-order valence-corrected chi connectivity index (χ2v) is 20.1. The molecule has 0 fully saturated rings. The van der Waals surface area contributed by atoms with E-state index in [2.05, 4.69) is 87.6 Å². The van der Waals surface area contributed by atoms with Crippen LogP contribution in [0.15, 0.2) is 24.3 Å². The summed E-state index contributed by atoms with van der Waals surface area (Å²) in [6.45, 7) is 18.7. The highest BCUT2D eigenvalue weighted by atomic mass is 127. The number of ether oxygens (including phenoxy) is 2. The first-order valence-electron chi connectivity index (χ1n) is 9.80. The van der Waals surface area contributed by atoms with E-state index in [-0.39, 0.29) is 17.2 Å². The number of rotatable bonds is 8. The predicted molar refractivity (Wildman–Crippen MR) is 134 cm³/mol. The lowest BCUT2D eigenvalue weighted by atomic mass is 10.2. The molecular weight excluding hydrogens is 495 g/mol. The molecule has 1 rings (SSSR count). The highest BCUT2D eigenvalue weighted by molar-refractivity contribution is 14.1. The van der Waals surface area contributed by atoms with Crippen LogP contribution in [0, 0.1) is 11.5 Å². The number of alkyl halides is 1. The Bertz CT molecular complexity index is 664. The molecule has 0 heterocycles. The van der Waals surface area contributed by atoms with Crippen molar-refractivity contribution in [2.45, 2.75) is 77.4 Å². The van der Waals surface area contributed by atoms with Crippen LogP contribution in [0.5, 0.6) is 5.75 Å². The number of hydrogen-bond acceptors (Lipinski definition) is 3. The fourth-order valence-corrected chi connectivity index (χ4v) is 5.04. The van der Waals surface area contributed by atoms with Crippen LogP contribution in [0.4, 0.5) is 0 Å². The van der Waals surface area contributed by atoms with Gasteiger partial charge in [-0.2, -0.15) is 0 Å². The summed E-state index contributed by atoms with van der Waals surface area (Å²) in [4.78, 5) is 0. The Morgan fingerprint density at radius 1 is 1.04 bits per heavy atom. The van der Waals surface area contributed by atoms with Crippen molar-refractivity contribution in [3.05, 3.63) is 29.8 Å². The fraction of sp³-hybridized carbons (Fsp3) is 0.636. The van der Waals surface area contributed by atoms with E-state index in [1.807, 2.05) is 24.3 Å². The second-order valence-electron chi connectivity index (χ2n) is 9.67. The largest absolute Gasteiger partial charge is 0.497 e. The summed E-state index contributed by atoms with van der Waals surface area (Å²) in [7, 11) is -1.73. The van der Waals surface area contributed by atoms with E-state index < -0.39 is 16.4 Å². The minimum absolute atomic E-state index is 0.0245. The van der Waals surface area contributed by atoms with Gasteiger partial charge >= 0.3 is 0 Å². The summed E-state index contributed by atoms with van der Waals surface area (Å²) in [5.74, 6) is 4.29. The Labute approximate surface area is 188 Å². The van der Waals surface area contributed by atoms with E-state index >= 15 is 0 Å². The lowest BCUT2D eigenvalue weighted by Crippen LogP contribution is -2.48. The van der Waals surface area contributed by atoms with Gasteiger partial charge < -0.3 is 13.9 Å². The third-order valence-corrected chi connectivity index (χ3v) is 11.2. The van der Waals surface area contributed by atoms with E-state index in [1.165, 1.54) is 0 Å². The summed E-state index contributed by atoms with van der Waals surface area (Å²) in [6.07, 6.45) is -0.247. The molecule has 0 bridgehead atoms. The number of benzene rings is 1. The molecule has 158 valence electrons. The Kier molecular flexibility index (Phi) is 9.75. The normalized spacial score (nSPS) is 14.8. The van der Waals surface area contributed by atoms with Gasteiger partial charge in [-0.1, -0.05) is 81.1 Å². The molecule has 3 nitrogen and oxygen atoms in total. The Balaban J connectivity index is 3.02. The van der Waals surface area contributed by atoms with Crippen molar-refractivity contribution in [1.82, 2.24) is 0 Å². The quantitative estimate of drug-likeness (QED) is 0.171. The summed E-state index contributed by atoms with van der Waals surface area (Å²) >= 11 is 2.40. The fourth-order valence-electron chi connectivity index (χ4n) is 2.17. The third kappa shape index (κ3) is 8.58. The van der Waals surface area contributed by atoms with Crippen molar-refractivity contribution in [2.24, 2.45) is 0 Å². The van der Waals surface area contributed by atoms with E-state index in [0.717, 1.165) is 15.7 Å². The molecule has 2 atom stereocenters. The van der Waals surface area contributed by atoms with Gasteiger partial charge in [-0.05, 0) is 35.8 Å². The molecule has 0 aromatic heterocycles. The number of halogens is 1. The maximum atomic E-state index is 6.70. The van der Waals surface area contributed by atoms with Crippen molar-refractivity contribution in [3.8, 4) is 17.2 Å². The molecular formula is C22H37IO3Si2. The lowest BCUT2D eigenvalue weighted by Gasteiger charge is -2.40. The first kappa shape index (κ1) is 25.7. The van der Waals surface area contributed by atoms with E-state index in [1.54, 1.807) is 7.11 Å². The average Bonchev–Trinajstić information content (AvgIpc) is 2.58. The molecule has 28 heavy (non-hydrogen) atoms. The molecule has 0 saturated heterocycles. The highest BCUT2D eigenvalue weighted by Gasteiger charge is 2.40. The van der Waals surface area contributed by atoms with Crippen LogP contribution < -0.4 is 4.74 Å². The molecule has 6 heteroatoms. The van der Waals surface area contributed by atoms with Crippen molar-refractivity contribution in [3.63, 3.8) is 0 Å². The van der Waals surface area contributed by atoms with Crippen molar-refractivity contribution in [2.75, 3.05) is 11.5 Å². The maximum Gasteiger partial charge on any atom is 0.192 e. The zero-order valence-electron chi connectivity index (χ0n) is 19.0. The molecule has 1 aromatic rings. The lowest BCUT2D eigenvalue weighted by molar-refractivity contribution is 0.00408. The first-order chi connectivity index (χ1) is 12.8. The van der Waals surface area contributed by atoms with Crippen LogP contribution in [-0.4, -0.2) is 40.1 Å². The minimum Gasteiger partial charge on any atom is -0.497 e. The van der Waals surface area contributed by atoms with E-state index in [0.29, 0.717) is 6.61 Å². The Morgan fingerprint density at radius 3 is 2.04 bits per heavy atom. The molecule has 0 amide bonds. The maximum absolute atomic E-state index is 6.70. The minimum atomic E-state index is -1.91. The Hall–Kier alpha value is -0.336. The Morgan fingerprint density at radius 2 is 1.61 bits per heavy atom. The molecule has 0 unspecified atom stereocenters. The predicted octanol–water partition coefficient (Wildman–Crippen LogP) is 6.29. The zero-order chi connectivity index (χ0) is 21.6. The van der Waals surface area contributed by atoms with Gasteiger partial charge in [0.25, 0.3) is 0 Å². The highest BCUT2D eigenvalue weighted by Crippen LogP contribution is 2.38. The van der Waals surface area contributed by atoms with E-state index in [9.17, 15) is 0 Å². The van der Waals surface area contributed by atoms with Crippen LogP contribution >= 0.6 is 22.6 Å². The SMILES string of the molecule is COc1ccc(CO[C@H](C#C[Si](C)(C)C)[C@H](CI)O[Si](C)(C)C(C)(C)C)cc1. The zero-order valence-corrected chi connectivity index (χ0v) is 23.1. The molecule has 0 spiro atoms. The van der Waals surface area contributed by atoms with Crippen LogP contribution in [0.3, 0.4) is 0 Å². The average molecular weight is 533 g/mol. The molecule has 1 aromatic carbocycles. The molecule has 0 radical (unpaired) electrons. The van der Waals surface area contributed by atoms with Gasteiger partial charge in [-0.15, -0.1) is 5.54 Å². The topological polar surface area (TPSA) is 27.7 Å². The summed E-state index contributed by atoms with van der Waals surface area (Å²) in [6, 6.07) is 8.00. The van der Waals surface area contributed by atoms with Crippen LogP contribution in [0.1, 0.15) is 26.3 Å². The summed E-state index contributed by atoms with van der Waals surface area (Å²) in [5, 5.41) is 0.157. The molecule has 0 N–H and O–H groups in total. The van der Waals surface area contributed by atoms with Gasteiger partial charge in [0.2, 0.25) is 0 Å². The van der Waals surface area contributed by atoms with Gasteiger partial charge in [-0.3, -0.25) is 0 Å². The number of methoxy groups -OCH3 is 1. The van der Waals surface area contributed by atoms with Crippen molar-refractivity contribution in [1.29, 1.82) is 0 Å². The van der Waals surface area contributed by atoms with Crippen LogP contribution in [0.25, 0.3) is 0 Å². The standard InChI is InChI=1S/C22H37IO3Si2/c1-22(2,3)28(8,9)26-21(16-23)20(14-15-27(5,6)7)25-17-18-10-12-19(24-4)13-11-18/h10-13,20-21H,16-17H2,1-9H3/t20-,21+/m1/s1.